The summed E-state index contributed by atoms with van der Waals surface area (Å²) in [5.41, 5.74) is 0.219. The van der Waals surface area contributed by atoms with E-state index >= 15 is 0 Å². The smallest absolute Gasteiger partial charge is 0.291 e. The minimum Gasteiger partial charge on any atom is -0.450 e. The fourth-order valence-electron chi connectivity index (χ4n) is 5.26. The van der Waals surface area contributed by atoms with Gasteiger partial charge in [-0.05, 0) is 23.8 Å². The van der Waals surface area contributed by atoms with E-state index in [9.17, 15) is 19.5 Å². The van der Waals surface area contributed by atoms with Crippen molar-refractivity contribution in [1.82, 2.24) is 4.90 Å². The number of hydrogen-bond acceptors (Lipinski definition) is 5. The van der Waals surface area contributed by atoms with E-state index < -0.39 is 22.8 Å². The summed E-state index contributed by atoms with van der Waals surface area (Å²) in [6.07, 6.45) is 0. The molecule has 0 saturated carbocycles. The molecule has 6 rings (SSSR count). The SMILES string of the molecule is O=C1c2oc3ccccc3c(=O)c2C2(C(=O)N(Cc3ccccc3)c3ccccc32)N1CCO. The van der Waals surface area contributed by atoms with Gasteiger partial charge in [0.2, 0.25) is 5.76 Å². The number of amides is 2. The molecule has 2 aliphatic heterocycles. The fourth-order valence-corrected chi connectivity index (χ4v) is 5.26. The highest BCUT2D eigenvalue weighted by Gasteiger charge is 2.64. The predicted octanol–water partition coefficient (Wildman–Crippen LogP) is 3.03. The van der Waals surface area contributed by atoms with Crippen LogP contribution in [0.15, 0.2) is 88.1 Å². The number of aliphatic hydroxyl groups is 1. The number of hydrogen-bond donors (Lipinski definition) is 1. The molecular weight excluding hydrogens is 432 g/mol. The first-order valence-corrected chi connectivity index (χ1v) is 11.0. The van der Waals surface area contributed by atoms with Crippen molar-refractivity contribution in [1.29, 1.82) is 0 Å². The molecule has 7 heteroatoms. The normalized spacial score (nSPS) is 18.7. The Bertz CT molecular complexity index is 1530. The maximum Gasteiger partial charge on any atom is 0.291 e. The second kappa shape index (κ2) is 7.40. The molecule has 3 heterocycles. The maximum absolute atomic E-state index is 14.3. The summed E-state index contributed by atoms with van der Waals surface area (Å²) < 4.78 is 5.93. The zero-order chi connectivity index (χ0) is 23.4. The van der Waals surface area contributed by atoms with Crippen LogP contribution in [0.1, 0.15) is 27.2 Å². The molecule has 0 radical (unpaired) electrons. The molecule has 1 unspecified atom stereocenters. The number of carbonyl (C=O) groups is 2. The van der Waals surface area contributed by atoms with E-state index in [1.807, 2.05) is 42.5 Å². The van der Waals surface area contributed by atoms with Gasteiger partial charge in [0.25, 0.3) is 11.8 Å². The standard InChI is InChI=1S/C27H20N2O5/c30-15-14-29-25(32)24-22(23(31)18-10-4-7-13-21(18)34-24)27(29)19-11-5-6-12-20(19)28(26(27)33)16-17-8-2-1-3-9-17/h1-13,30H,14-16H2. The van der Waals surface area contributed by atoms with Crippen LogP contribution in [0.4, 0.5) is 5.69 Å². The summed E-state index contributed by atoms with van der Waals surface area (Å²) >= 11 is 0. The van der Waals surface area contributed by atoms with Crippen LogP contribution in [0, 0.1) is 0 Å². The Morgan fingerprint density at radius 1 is 0.853 bits per heavy atom. The number of benzene rings is 3. The minimum absolute atomic E-state index is 0.0117. The zero-order valence-electron chi connectivity index (χ0n) is 18.1. The van der Waals surface area contributed by atoms with Crippen LogP contribution >= 0.6 is 0 Å². The minimum atomic E-state index is -1.70. The van der Waals surface area contributed by atoms with Crippen molar-refractivity contribution in [3.8, 4) is 0 Å². The van der Waals surface area contributed by atoms with Crippen molar-refractivity contribution in [2.24, 2.45) is 0 Å². The first-order chi connectivity index (χ1) is 16.6. The van der Waals surface area contributed by atoms with Crippen molar-refractivity contribution in [2.75, 3.05) is 18.1 Å². The molecule has 7 nitrogen and oxygen atoms in total. The molecule has 34 heavy (non-hydrogen) atoms. The van der Waals surface area contributed by atoms with Gasteiger partial charge in [0.1, 0.15) is 5.58 Å². The predicted molar refractivity (Wildman–Crippen MR) is 125 cm³/mol. The maximum atomic E-state index is 14.3. The molecule has 3 aromatic carbocycles. The highest BCUT2D eigenvalue weighted by molar-refractivity contribution is 6.17. The number of nitrogens with zero attached hydrogens (tertiary/aromatic N) is 2. The van der Waals surface area contributed by atoms with Gasteiger partial charge < -0.3 is 19.3 Å². The monoisotopic (exact) mass is 452 g/mol. The molecule has 0 fully saturated rings. The molecule has 1 spiro atoms. The van der Waals surface area contributed by atoms with Crippen LogP contribution in [0.25, 0.3) is 11.0 Å². The average molecular weight is 452 g/mol. The third-order valence-corrected chi connectivity index (χ3v) is 6.65. The van der Waals surface area contributed by atoms with Crippen LogP contribution in [0.2, 0.25) is 0 Å². The molecule has 2 aliphatic rings. The third kappa shape index (κ3) is 2.53. The van der Waals surface area contributed by atoms with Gasteiger partial charge in [-0.2, -0.15) is 0 Å². The molecule has 0 bridgehead atoms. The van der Waals surface area contributed by atoms with Gasteiger partial charge in [-0.15, -0.1) is 0 Å². The molecular formula is C27H20N2O5. The van der Waals surface area contributed by atoms with Crippen molar-refractivity contribution >= 4 is 28.5 Å². The van der Waals surface area contributed by atoms with Gasteiger partial charge in [-0.1, -0.05) is 60.7 Å². The second-order valence-corrected chi connectivity index (χ2v) is 8.42. The van der Waals surface area contributed by atoms with Crippen LogP contribution in [0.5, 0.6) is 0 Å². The Morgan fingerprint density at radius 2 is 1.56 bits per heavy atom. The number of aliphatic hydroxyl groups excluding tert-OH is 1. The Balaban J connectivity index is 1.67. The van der Waals surface area contributed by atoms with E-state index in [-0.39, 0.29) is 36.6 Å². The largest absolute Gasteiger partial charge is 0.450 e. The lowest BCUT2D eigenvalue weighted by Crippen LogP contribution is -2.54. The Kier molecular flexibility index (Phi) is 4.43. The van der Waals surface area contributed by atoms with Gasteiger partial charge >= 0.3 is 0 Å². The second-order valence-electron chi connectivity index (χ2n) is 8.42. The third-order valence-electron chi connectivity index (χ3n) is 6.65. The number of rotatable bonds is 4. The lowest BCUT2D eigenvalue weighted by Gasteiger charge is -2.33. The summed E-state index contributed by atoms with van der Waals surface area (Å²) in [6, 6.07) is 23.4. The van der Waals surface area contributed by atoms with Crippen molar-refractivity contribution in [2.45, 2.75) is 12.1 Å². The zero-order valence-corrected chi connectivity index (χ0v) is 18.1. The Morgan fingerprint density at radius 3 is 2.35 bits per heavy atom. The first-order valence-electron chi connectivity index (χ1n) is 11.0. The number of carbonyl (C=O) groups excluding carboxylic acids is 2. The quantitative estimate of drug-likeness (QED) is 0.514. The number of β-amino-alcohol motifs (C(OH)–C–C–N with tert-alkyl or cyclic N) is 1. The number of anilines is 1. The van der Waals surface area contributed by atoms with Gasteiger partial charge in [0.15, 0.2) is 11.0 Å². The molecule has 0 aliphatic carbocycles. The van der Waals surface area contributed by atoms with Crippen LogP contribution in [-0.2, 0) is 16.9 Å². The molecule has 4 aromatic rings. The summed E-state index contributed by atoms with van der Waals surface area (Å²) in [7, 11) is 0. The highest BCUT2D eigenvalue weighted by Crippen LogP contribution is 2.52. The van der Waals surface area contributed by atoms with Crippen molar-refractivity contribution in [3.63, 3.8) is 0 Å². The van der Waals surface area contributed by atoms with Gasteiger partial charge in [0.05, 0.1) is 29.8 Å². The van der Waals surface area contributed by atoms with Crippen LogP contribution in [0.3, 0.4) is 0 Å². The van der Waals surface area contributed by atoms with E-state index in [2.05, 4.69) is 0 Å². The van der Waals surface area contributed by atoms with Gasteiger partial charge in [-0.25, -0.2) is 0 Å². The lowest BCUT2D eigenvalue weighted by molar-refractivity contribution is -0.126. The van der Waals surface area contributed by atoms with E-state index in [4.69, 9.17) is 4.42 Å². The van der Waals surface area contributed by atoms with E-state index in [0.717, 1.165) is 5.56 Å². The molecule has 0 saturated heterocycles. The van der Waals surface area contributed by atoms with Crippen LogP contribution in [-0.4, -0.2) is 35.0 Å². The fraction of sp³-hybridized carbons (Fsp3) is 0.148. The van der Waals surface area contributed by atoms with Gasteiger partial charge in [0, 0.05) is 12.1 Å². The van der Waals surface area contributed by atoms with Crippen LogP contribution < -0.4 is 10.3 Å². The van der Waals surface area contributed by atoms with Gasteiger partial charge in [-0.3, -0.25) is 14.4 Å². The topological polar surface area (TPSA) is 91.1 Å². The average Bonchev–Trinajstić information content (AvgIpc) is 3.25. The first kappa shape index (κ1) is 20.4. The van der Waals surface area contributed by atoms with Crippen molar-refractivity contribution in [3.05, 3.63) is 112 Å². The molecule has 1 atom stereocenters. The number of fused-ring (bicyclic) bond motifs is 5. The van der Waals surface area contributed by atoms with Crippen molar-refractivity contribution < 1.29 is 19.1 Å². The molecule has 1 aromatic heterocycles. The lowest BCUT2D eigenvalue weighted by atomic mass is 9.84. The Labute approximate surface area is 194 Å². The molecule has 2 amide bonds. The Hall–Kier alpha value is -4.23. The van der Waals surface area contributed by atoms with E-state index in [1.165, 1.54) is 4.90 Å². The summed E-state index contributed by atoms with van der Waals surface area (Å²) in [5, 5.41) is 10.1. The number of para-hydroxylation sites is 2. The highest BCUT2D eigenvalue weighted by atomic mass is 16.3. The van der Waals surface area contributed by atoms with E-state index in [0.29, 0.717) is 16.6 Å². The summed E-state index contributed by atoms with van der Waals surface area (Å²) in [4.78, 5) is 44.6. The summed E-state index contributed by atoms with van der Waals surface area (Å²) in [6.45, 7) is -0.227. The molecule has 168 valence electrons. The summed E-state index contributed by atoms with van der Waals surface area (Å²) in [5.74, 6) is -1.15. The van der Waals surface area contributed by atoms with E-state index in [1.54, 1.807) is 41.3 Å². The molecule has 1 N–H and O–H groups in total.